The molecule has 5 nitrogen and oxygen atoms in total. The van der Waals surface area contributed by atoms with Crippen molar-refractivity contribution in [1.82, 2.24) is 10.2 Å². The Labute approximate surface area is 126 Å². The molecule has 0 saturated heterocycles. The van der Waals surface area contributed by atoms with E-state index in [1.807, 2.05) is 22.6 Å². The van der Waals surface area contributed by atoms with Gasteiger partial charge in [0.1, 0.15) is 15.1 Å². The van der Waals surface area contributed by atoms with E-state index in [1.54, 1.807) is 0 Å². The molecule has 8 heteroatoms. The molecular weight excluding hydrogens is 385 g/mol. The fourth-order valence-corrected chi connectivity index (χ4v) is 1.77. The number of nitrogens with zero attached hydrogens (tertiary/aromatic N) is 2. The topological polar surface area (TPSA) is 61.3 Å². The summed E-state index contributed by atoms with van der Waals surface area (Å²) in [6.45, 7) is 0. The highest BCUT2D eigenvalue weighted by atomic mass is 127. The van der Waals surface area contributed by atoms with Crippen LogP contribution in [0.4, 0.5) is 8.78 Å². The van der Waals surface area contributed by atoms with Gasteiger partial charge >= 0.3 is 5.97 Å². The van der Waals surface area contributed by atoms with Crippen molar-refractivity contribution in [2.45, 2.75) is 0 Å². The van der Waals surface area contributed by atoms with Crippen LogP contribution >= 0.6 is 22.6 Å². The minimum absolute atomic E-state index is 0.00405. The standard InChI is InChI=1S/C12H7F2IN2O3/c1-19-12(18)7-5-10(15)16-17-11(7)20-9-3-2-6(13)4-8(9)14/h2-5H,1H3. The smallest absolute Gasteiger partial charge is 0.343 e. The Hall–Kier alpha value is -1.84. The van der Waals surface area contributed by atoms with Crippen LogP contribution in [0.3, 0.4) is 0 Å². The number of esters is 1. The third kappa shape index (κ3) is 3.18. The van der Waals surface area contributed by atoms with Crippen molar-refractivity contribution < 1.29 is 23.0 Å². The van der Waals surface area contributed by atoms with Crippen molar-refractivity contribution in [3.8, 4) is 11.6 Å². The van der Waals surface area contributed by atoms with Crippen molar-refractivity contribution >= 4 is 28.6 Å². The van der Waals surface area contributed by atoms with Gasteiger partial charge in [0.25, 0.3) is 5.88 Å². The van der Waals surface area contributed by atoms with Gasteiger partial charge in [-0.3, -0.25) is 0 Å². The van der Waals surface area contributed by atoms with E-state index in [0.29, 0.717) is 9.77 Å². The second-order valence-electron chi connectivity index (χ2n) is 3.55. The number of hydrogen-bond donors (Lipinski definition) is 0. The second-order valence-corrected chi connectivity index (χ2v) is 4.66. The summed E-state index contributed by atoms with van der Waals surface area (Å²) in [4.78, 5) is 11.6. The van der Waals surface area contributed by atoms with E-state index in [2.05, 4.69) is 14.9 Å². The molecule has 104 valence electrons. The van der Waals surface area contributed by atoms with Gasteiger partial charge in [-0.25, -0.2) is 13.6 Å². The predicted octanol–water partition coefficient (Wildman–Crippen LogP) is 2.94. The first-order chi connectivity index (χ1) is 9.51. The minimum atomic E-state index is -0.916. The van der Waals surface area contributed by atoms with E-state index in [1.165, 1.54) is 13.2 Å². The summed E-state index contributed by atoms with van der Waals surface area (Å²) in [7, 11) is 1.19. The summed E-state index contributed by atoms with van der Waals surface area (Å²) in [5.41, 5.74) is -0.00405. The van der Waals surface area contributed by atoms with Gasteiger partial charge in [0.15, 0.2) is 11.6 Å². The molecule has 2 aromatic rings. The van der Waals surface area contributed by atoms with Crippen molar-refractivity contribution in [2.24, 2.45) is 0 Å². The largest absolute Gasteiger partial charge is 0.465 e. The van der Waals surface area contributed by atoms with E-state index < -0.39 is 17.6 Å². The SMILES string of the molecule is COC(=O)c1cc(I)nnc1Oc1ccc(F)cc1F. The third-order valence-electron chi connectivity index (χ3n) is 2.24. The molecule has 0 atom stereocenters. The highest BCUT2D eigenvalue weighted by Gasteiger charge is 2.18. The van der Waals surface area contributed by atoms with Gasteiger partial charge in [0.05, 0.1) is 7.11 Å². The Bertz CT molecular complexity index is 667. The predicted molar refractivity (Wildman–Crippen MR) is 72.5 cm³/mol. The monoisotopic (exact) mass is 392 g/mol. The molecule has 20 heavy (non-hydrogen) atoms. The van der Waals surface area contributed by atoms with Crippen LogP contribution in [0.5, 0.6) is 11.6 Å². The number of hydrogen-bond acceptors (Lipinski definition) is 5. The number of aromatic nitrogens is 2. The lowest BCUT2D eigenvalue weighted by Gasteiger charge is -2.08. The van der Waals surface area contributed by atoms with Gasteiger partial charge in [0.2, 0.25) is 0 Å². The van der Waals surface area contributed by atoms with Crippen LogP contribution in [-0.2, 0) is 4.74 Å². The third-order valence-corrected chi connectivity index (χ3v) is 2.76. The quantitative estimate of drug-likeness (QED) is 0.594. The molecule has 0 spiro atoms. The van der Waals surface area contributed by atoms with Crippen molar-refractivity contribution in [3.05, 3.63) is 45.2 Å². The first kappa shape index (κ1) is 14.6. The molecule has 0 radical (unpaired) electrons. The number of carbonyl (C=O) groups is 1. The van der Waals surface area contributed by atoms with Crippen LogP contribution < -0.4 is 4.74 Å². The van der Waals surface area contributed by atoms with Crippen LogP contribution in [0.2, 0.25) is 0 Å². The maximum absolute atomic E-state index is 13.5. The number of ether oxygens (including phenoxy) is 2. The van der Waals surface area contributed by atoms with E-state index in [-0.39, 0.29) is 17.2 Å². The average Bonchev–Trinajstić information content (AvgIpc) is 2.42. The molecule has 0 aliphatic carbocycles. The summed E-state index contributed by atoms with van der Waals surface area (Å²) >= 11 is 1.85. The Morgan fingerprint density at radius 1 is 1.25 bits per heavy atom. The zero-order chi connectivity index (χ0) is 14.7. The van der Waals surface area contributed by atoms with Gasteiger partial charge in [-0.1, -0.05) is 0 Å². The van der Waals surface area contributed by atoms with Crippen LogP contribution in [0, 0.1) is 15.3 Å². The lowest BCUT2D eigenvalue weighted by atomic mass is 10.3. The maximum Gasteiger partial charge on any atom is 0.343 e. The van der Waals surface area contributed by atoms with Gasteiger partial charge in [-0.05, 0) is 40.8 Å². The number of methoxy groups -OCH3 is 1. The first-order valence-electron chi connectivity index (χ1n) is 5.25. The first-order valence-corrected chi connectivity index (χ1v) is 6.33. The van der Waals surface area contributed by atoms with Crippen molar-refractivity contribution in [1.29, 1.82) is 0 Å². The van der Waals surface area contributed by atoms with Crippen LogP contribution in [0.25, 0.3) is 0 Å². The molecule has 0 N–H and O–H groups in total. The number of rotatable bonds is 3. The normalized spacial score (nSPS) is 10.2. The number of halogens is 3. The highest BCUT2D eigenvalue weighted by Crippen LogP contribution is 2.26. The van der Waals surface area contributed by atoms with E-state index in [9.17, 15) is 13.6 Å². The van der Waals surface area contributed by atoms with E-state index in [0.717, 1.165) is 12.1 Å². The van der Waals surface area contributed by atoms with Crippen LogP contribution in [0.15, 0.2) is 24.3 Å². The van der Waals surface area contributed by atoms with Gasteiger partial charge in [0, 0.05) is 6.07 Å². The molecule has 1 aromatic carbocycles. The zero-order valence-corrected chi connectivity index (χ0v) is 12.2. The molecule has 1 heterocycles. The summed E-state index contributed by atoms with van der Waals surface area (Å²) in [6, 6.07) is 4.16. The van der Waals surface area contributed by atoms with Crippen LogP contribution in [-0.4, -0.2) is 23.3 Å². The summed E-state index contributed by atoms with van der Waals surface area (Å²) in [6.07, 6.45) is 0. The Morgan fingerprint density at radius 2 is 2.00 bits per heavy atom. The van der Waals surface area contributed by atoms with Gasteiger partial charge in [-0.2, -0.15) is 0 Å². The lowest BCUT2D eigenvalue weighted by molar-refractivity contribution is 0.0596. The van der Waals surface area contributed by atoms with E-state index >= 15 is 0 Å². The number of carbonyl (C=O) groups excluding carboxylic acids is 1. The molecular formula is C12H7F2IN2O3. The molecule has 1 aromatic heterocycles. The Morgan fingerprint density at radius 3 is 2.65 bits per heavy atom. The summed E-state index contributed by atoms with van der Waals surface area (Å²) < 4.78 is 36.5. The average molecular weight is 392 g/mol. The Kier molecular flexibility index (Phi) is 4.42. The molecule has 0 unspecified atom stereocenters. The molecule has 2 rings (SSSR count). The fourth-order valence-electron chi connectivity index (χ4n) is 1.35. The molecule has 0 fully saturated rings. The maximum atomic E-state index is 13.5. The van der Waals surface area contributed by atoms with Gasteiger partial charge in [-0.15, -0.1) is 10.2 Å². The summed E-state index contributed by atoms with van der Waals surface area (Å²) in [5.74, 6) is -2.84. The fraction of sp³-hybridized carbons (Fsp3) is 0.0833. The van der Waals surface area contributed by atoms with Crippen molar-refractivity contribution in [2.75, 3.05) is 7.11 Å². The number of benzene rings is 1. The lowest BCUT2D eigenvalue weighted by Crippen LogP contribution is -2.07. The second kappa shape index (κ2) is 6.07. The molecule has 0 bridgehead atoms. The Balaban J connectivity index is 2.40. The minimum Gasteiger partial charge on any atom is -0.465 e. The van der Waals surface area contributed by atoms with E-state index in [4.69, 9.17) is 4.74 Å². The summed E-state index contributed by atoms with van der Waals surface area (Å²) in [5, 5.41) is 7.37. The molecule has 0 amide bonds. The molecule has 0 saturated carbocycles. The van der Waals surface area contributed by atoms with Gasteiger partial charge < -0.3 is 9.47 Å². The van der Waals surface area contributed by atoms with Crippen molar-refractivity contribution in [3.63, 3.8) is 0 Å². The highest BCUT2D eigenvalue weighted by molar-refractivity contribution is 14.1. The van der Waals surface area contributed by atoms with Crippen LogP contribution in [0.1, 0.15) is 10.4 Å². The molecule has 0 aliphatic rings. The molecule has 0 aliphatic heterocycles. The zero-order valence-electron chi connectivity index (χ0n) is 10.1.